The number of hydrogen-bond acceptors (Lipinski definition) is 3. The Kier molecular flexibility index (Phi) is 5.28. The molecule has 100 valence electrons. The predicted molar refractivity (Wildman–Crippen MR) is 73.1 cm³/mol. The summed E-state index contributed by atoms with van der Waals surface area (Å²) in [5, 5.41) is 6.22. The number of hydrogen-bond donors (Lipinski definition) is 2. The number of aromatic nitrogens is 1. The lowest BCUT2D eigenvalue weighted by atomic mass is 10.0. The monoisotopic (exact) mass is 249 g/mol. The SMILES string of the molecule is CCC(C)(C)NC(=O)C(C)NCc1cccnc1. The molecule has 4 nitrogen and oxygen atoms in total. The summed E-state index contributed by atoms with van der Waals surface area (Å²) in [6.07, 6.45) is 4.45. The first-order chi connectivity index (χ1) is 8.44. The van der Waals surface area contributed by atoms with E-state index in [4.69, 9.17) is 0 Å². The normalized spacial score (nSPS) is 13.1. The van der Waals surface area contributed by atoms with Gasteiger partial charge in [0.1, 0.15) is 0 Å². The van der Waals surface area contributed by atoms with Crippen LogP contribution >= 0.6 is 0 Å². The van der Waals surface area contributed by atoms with Gasteiger partial charge in [-0.25, -0.2) is 0 Å². The van der Waals surface area contributed by atoms with Crippen LogP contribution < -0.4 is 10.6 Å². The molecule has 0 fully saturated rings. The smallest absolute Gasteiger partial charge is 0.237 e. The third-order valence-electron chi connectivity index (χ3n) is 3.07. The standard InChI is InChI=1S/C14H23N3O/c1-5-14(3,4)17-13(18)11(2)16-10-12-7-6-8-15-9-12/h6-9,11,16H,5,10H2,1-4H3,(H,17,18). The lowest BCUT2D eigenvalue weighted by molar-refractivity contribution is -0.124. The zero-order valence-corrected chi connectivity index (χ0v) is 11.7. The molecule has 0 saturated heterocycles. The van der Waals surface area contributed by atoms with E-state index in [-0.39, 0.29) is 17.5 Å². The molecular formula is C14H23N3O. The minimum absolute atomic E-state index is 0.0331. The Labute approximate surface area is 109 Å². The number of pyridine rings is 1. The molecule has 18 heavy (non-hydrogen) atoms. The van der Waals surface area contributed by atoms with E-state index in [9.17, 15) is 4.79 Å². The van der Waals surface area contributed by atoms with Crippen molar-refractivity contribution in [1.29, 1.82) is 0 Å². The van der Waals surface area contributed by atoms with Crippen molar-refractivity contribution >= 4 is 5.91 Å². The van der Waals surface area contributed by atoms with Crippen molar-refractivity contribution in [2.75, 3.05) is 0 Å². The number of nitrogens with one attached hydrogen (secondary N) is 2. The summed E-state index contributed by atoms with van der Waals surface area (Å²) in [7, 11) is 0. The highest BCUT2D eigenvalue weighted by Gasteiger charge is 2.21. The van der Waals surface area contributed by atoms with Gasteiger partial charge < -0.3 is 10.6 Å². The van der Waals surface area contributed by atoms with Crippen LogP contribution in [0.2, 0.25) is 0 Å². The largest absolute Gasteiger partial charge is 0.350 e. The van der Waals surface area contributed by atoms with E-state index in [1.165, 1.54) is 0 Å². The Balaban J connectivity index is 2.41. The summed E-state index contributed by atoms with van der Waals surface area (Å²) in [6.45, 7) is 8.64. The van der Waals surface area contributed by atoms with E-state index < -0.39 is 0 Å². The fraction of sp³-hybridized carbons (Fsp3) is 0.571. The third-order valence-corrected chi connectivity index (χ3v) is 3.07. The van der Waals surface area contributed by atoms with Crippen LogP contribution in [0.15, 0.2) is 24.5 Å². The van der Waals surface area contributed by atoms with E-state index in [2.05, 4.69) is 22.5 Å². The van der Waals surface area contributed by atoms with Gasteiger partial charge in [0.25, 0.3) is 0 Å². The minimum Gasteiger partial charge on any atom is -0.350 e. The van der Waals surface area contributed by atoms with Gasteiger partial charge in [-0.3, -0.25) is 9.78 Å². The minimum atomic E-state index is -0.212. The molecule has 1 rings (SSSR count). The van der Waals surface area contributed by atoms with Crippen LogP contribution in [0, 0.1) is 0 Å². The Morgan fingerprint density at radius 1 is 1.50 bits per heavy atom. The summed E-state index contributed by atoms with van der Waals surface area (Å²) in [6, 6.07) is 3.67. The molecule has 0 saturated carbocycles. The second kappa shape index (κ2) is 6.50. The molecule has 0 aliphatic heterocycles. The van der Waals surface area contributed by atoms with Crippen molar-refractivity contribution < 1.29 is 4.79 Å². The predicted octanol–water partition coefficient (Wildman–Crippen LogP) is 1.86. The fourth-order valence-corrected chi connectivity index (χ4v) is 1.40. The Hall–Kier alpha value is -1.42. The fourth-order valence-electron chi connectivity index (χ4n) is 1.40. The molecule has 0 aromatic carbocycles. The Morgan fingerprint density at radius 2 is 2.22 bits per heavy atom. The van der Waals surface area contributed by atoms with Crippen molar-refractivity contribution in [2.45, 2.75) is 52.2 Å². The van der Waals surface area contributed by atoms with Crippen LogP contribution in [0.3, 0.4) is 0 Å². The summed E-state index contributed by atoms with van der Waals surface area (Å²) in [5.41, 5.74) is 0.924. The quantitative estimate of drug-likeness (QED) is 0.809. The highest BCUT2D eigenvalue weighted by molar-refractivity contribution is 5.81. The molecule has 1 atom stereocenters. The number of nitrogens with zero attached hydrogens (tertiary/aromatic N) is 1. The van der Waals surface area contributed by atoms with Gasteiger partial charge in [-0.2, -0.15) is 0 Å². The first-order valence-corrected chi connectivity index (χ1v) is 6.39. The van der Waals surface area contributed by atoms with Gasteiger partial charge in [-0.05, 0) is 38.8 Å². The van der Waals surface area contributed by atoms with Crippen LogP contribution in [-0.2, 0) is 11.3 Å². The molecule has 2 N–H and O–H groups in total. The lowest BCUT2D eigenvalue weighted by Crippen LogP contribution is -2.50. The van der Waals surface area contributed by atoms with Crippen molar-refractivity contribution in [3.63, 3.8) is 0 Å². The summed E-state index contributed by atoms with van der Waals surface area (Å²) < 4.78 is 0. The Bertz CT molecular complexity index is 376. The molecule has 0 spiro atoms. The number of rotatable bonds is 6. The van der Waals surface area contributed by atoms with Crippen molar-refractivity contribution in [1.82, 2.24) is 15.6 Å². The maximum Gasteiger partial charge on any atom is 0.237 e. The third kappa shape index (κ3) is 4.84. The second-order valence-electron chi connectivity index (χ2n) is 5.19. The van der Waals surface area contributed by atoms with Crippen LogP contribution in [-0.4, -0.2) is 22.5 Å². The van der Waals surface area contributed by atoms with E-state index in [0.717, 1.165) is 12.0 Å². The molecule has 0 aliphatic rings. The highest BCUT2D eigenvalue weighted by atomic mass is 16.2. The van der Waals surface area contributed by atoms with Crippen LogP contribution in [0.25, 0.3) is 0 Å². The van der Waals surface area contributed by atoms with Crippen molar-refractivity contribution in [3.8, 4) is 0 Å². The first kappa shape index (κ1) is 14.6. The molecule has 4 heteroatoms. The number of amides is 1. The van der Waals surface area contributed by atoms with E-state index >= 15 is 0 Å². The molecule has 1 amide bonds. The molecule has 1 aromatic heterocycles. The average molecular weight is 249 g/mol. The van der Waals surface area contributed by atoms with Gasteiger partial charge in [-0.15, -0.1) is 0 Å². The zero-order valence-electron chi connectivity index (χ0n) is 11.7. The summed E-state index contributed by atoms with van der Waals surface area (Å²) in [4.78, 5) is 16.0. The molecule has 0 radical (unpaired) electrons. The van der Waals surface area contributed by atoms with E-state index in [0.29, 0.717) is 6.54 Å². The maximum atomic E-state index is 11.9. The van der Waals surface area contributed by atoms with Crippen LogP contribution in [0.1, 0.15) is 39.7 Å². The van der Waals surface area contributed by atoms with Gasteiger partial charge in [-0.1, -0.05) is 13.0 Å². The van der Waals surface area contributed by atoms with Crippen molar-refractivity contribution in [2.24, 2.45) is 0 Å². The van der Waals surface area contributed by atoms with E-state index in [1.54, 1.807) is 12.4 Å². The maximum absolute atomic E-state index is 11.9. The topological polar surface area (TPSA) is 54.0 Å². The Morgan fingerprint density at radius 3 is 2.78 bits per heavy atom. The summed E-state index contributed by atoms with van der Waals surface area (Å²) in [5.74, 6) is 0.0331. The molecule has 0 aliphatic carbocycles. The van der Waals surface area contributed by atoms with Crippen LogP contribution in [0.5, 0.6) is 0 Å². The average Bonchev–Trinajstić information content (AvgIpc) is 2.36. The van der Waals surface area contributed by atoms with Gasteiger partial charge >= 0.3 is 0 Å². The molecule has 1 aromatic rings. The van der Waals surface area contributed by atoms with Gasteiger partial charge in [0.15, 0.2) is 0 Å². The second-order valence-corrected chi connectivity index (χ2v) is 5.19. The summed E-state index contributed by atoms with van der Waals surface area (Å²) >= 11 is 0. The lowest BCUT2D eigenvalue weighted by Gasteiger charge is -2.26. The highest BCUT2D eigenvalue weighted by Crippen LogP contribution is 2.07. The zero-order chi connectivity index (χ0) is 13.6. The van der Waals surface area contributed by atoms with Crippen molar-refractivity contribution in [3.05, 3.63) is 30.1 Å². The van der Waals surface area contributed by atoms with Gasteiger partial charge in [0.05, 0.1) is 6.04 Å². The molecule has 1 heterocycles. The van der Waals surface area contributed by atoms with Gasteiger partial charge in [0, 0.05) is 24.5 Å². The molecule has 0 bridgehead atoms. The number of carbonyl (C=O) groups is 1. The number of carbonyl (C=O) groups excluding carboxylic acids is 1. The molecule has 1 unspecified atom stereocenters. The molecular weight excluding hydrogens is 226 g/mol. The van der Waals surface area contributed by atoms with Crippen LogP contribution in [0.4, 0.5) is 0 Å². The van der Waals surface area contributed by atoms with Gasteiger partial charge in [0.2, 0.25) is 5.91 Å². The first-order valence-electron chi connectivity index (χ1n) is 6.39. The van der Waals surface area contributed by atoms with E-state index in [1.807, 2.05) is 32.9 Å².